The highest BCUT2D eigenvalue weighted by atomic mass is 16.5. The molecule has 0 saturated heterocycles. The lowest BCUT2D eigenvalue weighted by molar-refractivity contribution is 0.0928. The van der Waals surface area contributed by atoms with Gasteiger partial charge in [0.1, 0.15) is 13.2 Å². The number of aromatic nitrogens is 6. The highest BCUT2D eigenvalue weighted by Gasteiger charge is 2.44. The lowest BCUT2D eigenvalue weighted by atomic mass is 9.84. The van der Waals surface area contributed by atoms with Crippen molar-refractivity contribution in [2.45, 2.75) is 38.5 Å². The topological polar surface area (TPSA) is 130 Å². The average molecular weight is 512 g/mol. The van der Waals surface area contributed by atoms with Gasteiger partial charge in [0, 0.05) is 36.2 Å². The molecule has 0 radical (unpaired) electrons. The maximum atomic E-state index is 12.7. The van der Waals surface area contributed by atoms with Crippen LogP contribution in [0.5, 0.6) is 5.88 Å². The van der Waals surface area contributed by atoms with Crippen LogP contribution in [0.3, 0.4) is 0 Å². The molecule has 11 nitrogen and oxygen atoms in total. The lowest BCUT2D eigenvalue weighted by Crippen LogP contribution is -2.36. The van der Waals surface area contributed by atoms with Crippen molar-refractivity contribution in [1.29, 1.82) is 0 Å². The van der Waals surface area contributed by atoms with Gasteiger partial charge < -0.3 is 19.3 Å². The fourth-order valence-electron chi connectivity index (χ4n) is 5.52. The normalized spacial score (nSPS) is 20.1. The highest BCUT2D eigenvalue weighted by Crippen LogP contribution is 2.48. The molecule has 4 aromatic heterocycles. The molecule has 0 aliphatic heterocycles. The van der Waals surface area contributed by atoms with Crippen molar-refractivity contribution in [1.82, 2.24) is 35.3 Å². The largest absolute Gasteiger partial charge is 0.470 e. The van der Waals surface area contributed by atoms with E-state index in [0.29, 0.717) is 58.6 Å². The molecule has 4 heterocycles. The molecule has 1 unspecified atom stereocenters. The predicted molar refractivity (Wildman–Crippen MR) is 135 cm³/mol. The van der Waals surface area contributed by atoms with E-state index in [0.717, 1.165) is 23.1 Å². The number of hydrogen-bond donors (Lipinski definition) is 1. The summed E-state index contributed by atoms with van der Waals surface area (Å²) in [6, 6.07) is 13.3. The van der Waals surface area contributed by atoms with Gasteiger partial charge in [0.25, 0.3) is 5.91 Å². The molecular weight excluding hydrogens is 486 g/mol. The van der Waals surface area contributed by atoms with Crippen molar-refractivity contribution in [3.05, 3.63) is 65.7 Å². The molecule has 5 aromatic rings. The first kappa shape index (κ1) is 22.8. The third-order valence-corrected chi connectivity index (χ3v) is 7.49. The van der Waals surface area contributed by atoms with Crippen molar-refractivity contribution in [3.63, 3.8) is 0 Å². The van der Waals surface area contributed by atoms with Gasteiger partial charge in [-0.3, -0.25) is 9.78 Å². The van der Waals surface area contributed by atoms with E-state index >= 15 is 0 Å². The van der Waals surface area contributed by atoms with Gasteiger partial charge in [-0.25, -0.2) is 0 Å². The molecule has 11 heteroatoms. The molecule has 3 aliphatic rings. The quantitative estimate of drug-likeness (QED) is 0.332. The first-order valence-electron chi connectivity index (χ1n) is 12.6. The van der Waals surface area contributed by atoms with Gasteiger partial charge >= 0.3 is 0 Å². The average Bonchev–Trinajstić information content (AvgIpc) is 3.71. The Labute approximate surface area is 217 Å². The molecule has 1 amide bonds. The Morgan fingerprint density at radius 2 is 1.97 bits per heavy atom. The number of nitrogens with zero attached hydrogens (tertiary/aromatic N) is 6. The van der Waals surface area contributed by atoms with Gasteiger partial charge in [0.2, 0.25) is 11.7 Å². The summed E-state index contributed by atoms with van der Waals surface area (Å²) in [4.78, 5) is 17.1. The Balaban J connectivity index is 1.13. The number of benzene rings is 1. The van der Waals surface area contributed by atoms with Gasteiger partial charge in [0.15, 0.2) is 17.1 Å². The molecule has 3 aliphatic carbocycles. The molecule has 0 spiro atoms. The number of pyridine rings is 1. The molecule has 192 valence electrons. The first-order valence-corrected chi connectivity index (χ1v) is 12.6. The van der Waals surface area contributed by atoms with Crippen LogP contribution in [0.1, 0.15) is 41.1 Å². The fourth-order valence-corrected chi connectivity index (χ4v) is 5.52. The summed E-state index contributed by atoms with van der Waals surface area (Å²) in [7, 11) is 1.58. The second-order valence-electron chi connectivity index (χ2n) is 9.96. The summed E-state index contributed by atoms with van der Waals surface area (Å²) in [5.41, 5.74) is 2.30. The minimum absolute atomic E-state index is 0.0673. The number of carbonyl (C=O) groups is 1. The van der Waals surface area contributed by atoms with Gasteiger partial charge in [-0.05, 0) is 49.3 Å². The Kier molecular flexibility index (Phi) is 5.50. The summed E-state index contributed by atoms with van der Waals surface area (Å²) >= 11 is 0. The van der Waals surface area contributed by atoms with Gasteiger partial charge in [-0.1, -0.05) is 23.4 Å². The zero-order valence-electron chi connectivity index (χ0n) is 20.7. The smallest absolute Gasteiger partial charge is 0.253 e. The second-order valence-corrected chi connectivity index (χ2v) is 9.96. The summed E-state index contributed by atoms with van der Waals surface area (Å²) in [6.45, 7) is 0.472. The van der Waals surface area contributed by atoms with Crippen molar-refractivity contribution in [3.8, 4) is 17.4 Å². The molecule has 1 aromatic carbocycles. The van der Waals surface area contributed by atoms with Crippen LogP contribution in [0.4, 0.5) is 0 Å². The van der Waals surface area contributed by atoms with E-state index in [1.807, 2.05) is 24.3 Å². The SMILES string of the molecule is COCc1cc(-c2nnc3c4ccccc4c(OCc4ccc(C(=O)NC5CC6CC5C6)cn4)nn23)no1. The van der Waals surface area contributed by atoms with Crippen LogP contribution in [0.15, 0.2) is 53.2 Å². The fraction of sp³-hybridized carbons (Fsp3) is 0.333. The molecular formula is C27H25N7O4. The van der Waals surface area contributed by atoms with Crippen molar-refractivity contribution in [2.24, 2.45) is 11.8 Å². The van der Waals surface area contributed by atoms with Gasteiger partial charge in [0.05, 0.1) is 11.3 Å². The summed E-state index contributed by atoms with van der Waals surface area (Å²) in [5, 5.41) is 22.2. The standard InChI is InChI=1S/C27H25N7O4/c1-36-14-19-11-23(33-38-19)25-31-30-24-20-4-2-3-5-21(20)27(32-34(24)25)37-13-18-7-6-16(12-28-18)26(35)29-22-10-15-8-17(22)9-15/h2-7,11-12,15,17,22H,8-10,13-14H2,1H3,(H,29,35). The van der Waals surface area contributed by atoms with Gasteiger partial charge in [-0.2, -0.15) is 4.52 Å². The zero-order chi connectivity index (χ0) is 25.6. The summed E-state index contributed by atoms with van der Waals surface area (Å²) in [5.74, 6) is 2.77. The molecule has 8 rings (SSSR count). The van der Waals surface area contributed by atoms with E-state index in [1.54, 1.807) is 36.0 Å². The number of rotatable bonds is 8. The number of hydrogen-bond acceptors (Lipinski definition) is 9. The van der Waals surface area contributed by atoms with Crippen molar-refractivity contribution < 1.29 is 18.8 Å². The van der Waals surface area contributed by atoms with E-state index < -0.39 is 0 Å². The number of amides is 1. The summed E-state index contributed by atoms with van der Waals surface area (Å²) < 4.78 is 18.2. The summed E-state index contributed by atoms with van der Waals surface area (Å²) in [6.07, 6.45) is 5.19. The molecule has 1 N–H and O–H groups in total. The third-order valence-electron chi connectivity index (χ3n) is 7.49. The van der Waals surface area contributed by atoms with E-state index in [-0.39, 0.29) is 12.5 Å². The molecule has 3 fully saturated rings. The number of methoxy groups -OCH3 is 1. The Morgan fingerprint density at radius 3 is 2.74 bits per heavy atom. The highest BCUT2D eigenvalue weighted by molar-refractivity contribution is 5.97. The van der Waals surface area contributed by atoms with E-state index in [4.69, 9.17) is 14.0 Å². The maximum absolute atomic E-state index is 12.7. The van der Waals surface area contributed by atoms with Crippen LogP contribution >= 0.6 is 0 Å². The number of carbonyl (C=O) groups excluding carboxylic acids is 1. The molecule has 1 atom stereocenters. The maximum Gasteiger partial charge on any atom is 0.253 e. The van der Waals surface area contributed by atoms with Crippen LogP contribution in [-0.4, -0.2) is 49.0 Å². The van der Waals surface area contributed by atoms with Crippen molar-refractivity contribution in [2.75, 3.05) is 7.11 Å². The second kappa shape index (κ2) is 9.18. The molecule has 3 saturated carbocycles. The van der Waals surface area contributed by atoms with E-state index in [2.05, 4.69) is 30.8 Å². The zero-order valence-corrected chi connectivity index (χ0v) is 20.7. The number of ether oxygens (including phenoxy) is 2. The Hall–Kier alpha value is -4.38. The molecule has 2 bridgehead atoms. The van der Waals surface area contributed by atoms with Gasteiger partial charge in [-0.15, -0.1) is 15.3 Å². The monoisotopic (exact) mass is 511 g/mol. The first-order chi connectivity index (χ1) is 18.7. The number of nitrogens with one attached hydrogen (secondary N) is 1. The van der Waals surface area contributed by atoms with E-state index in [9.17, 15) is 4.79 Å². The molecule has 38 heavy (non-hydrogen) atoms. The van der Waals surface area contributed by atoms with Crippen molar-refractivity contribution >= 4 is 22.3 Å². The number of fused-ring (bicyclic) bond motifs is 4. The third kappa shape index (κ3) is 3.95. The Morgan fingerprint density at radius 1 is 1.11 bits per heavy atom. The minimum atomic E-state index is -0.0673. The lowest BCUT2D eigenvalue weighted by Gasteiger charge is -2.24. The van der Waals surface area contributed by atoms with Crippen LogP contribution in [0, 0.1) is 11.8 Å². The van der Waals surface area contributed by atoms with E-state index in [1.165, 1.54) is 12.8 Å². The van der Waals surface area contributed by atoms with Crippen LogP contribution in [0.25, 0.3) is 27.9 Å². The van der Waals surface area contributed by atoms with Crippen LogP contribution < -0.4 is 10.1 Å². The van der Waals surface area contributed by atoms with Crippen LogP contribution in [-0.2, 0) is 18.0 Å². The Bertz CT molecular complexity index is 1640. The van der Waals surface area contributed by atoms with Crippen LogP contribution in [0.2, 0.25) is 0 Å². The predicted octanol–water partition coefficient (Wildman–Crippen LogP) is 3.58. The minimum Gasteiger partial charge on any atom is -0.470 e.